The summed E-state index contributed by atoms with van der Waals surface area (Å²) in [5.74, 6) is -0.105. The van der Waals surface area contributed by atoms with Crippen LogP contribution in [0.5, 0.6) is 0 Å². The zero-order chi connectivity index (χ0) is 13.7. The van der Waals surface area contributed by atoms with Crippen molar-refractivity contribution < 1.29 is 4.79 Å². The number of carbonyl (C=O) groups excluding carboxylic acids is 1. The van der Waals surface area contributed by atoms with Gasteiger partial charge in [0.1, 0.15) is 0 Å². The van der Waals surface area contributed by atoms with Gasteiger partial charge in [-0.2, -0.15) is 4.79 Å². The molecule has 0 fully saturated rings. The fraction of sp³-hybridized carbons (Fsp3) is 0.308. The van der Waals surface area contributed by atoms with Crippen LogP contribution in [-0.2, 0) is 0 Å². The molecule has 0 aliphatic heterocycles. The molecule has 1 N–H and O–H groups in total. The maximum absolute atomic E-state index is 12.1. The summed E-state index contributed by atoms with van der Waals surface area (Å²) in [5, 5.41) is 7.78. The molecule has 0 aliphatic carbocycles. The number of carbonyl (C=O) groups is 1. The molecule has 1 aromatic heterocycles. The molecule has 0 bridgehead atoms. The van der Waals surface area contributed by atoms with Gasteiger partial charge >= 0.3 is 0 Å². The van der Waals surface area contributed by atoms with Crippen LogP contribution < -0.4 is 5.43 Å². The van der Waals surface area contributed by atoms with Crippen LogP contribution in [0.15, 0.2) is 36.5 Å². The van der Waals surface area contributed by atoms with Crippen molar-refractivity contribution >= 4 is 11.6 Å². The van der Waals surface area contributed by atoms with Gasteiger partial charge in [0.15, 0.2) is 5.69 Å². The van der Waals surface area contributed by atoms with E-state index in [1.807, 2.05) is 44.2 Å². The van der Waals surface area contributed by atoms with Crippen molar-refractivity contribution in [3.8, 4) is 0 Å². The first kappa shape index (κ1) is 13.1. The number of aromatic nitrogens is 3. The Bertz CT molecular complexity index is 533. The zero-order valence-corrected chi connectivity index (χ0v) is 11.1. The van der Waals surface area contributed by atoms with Crippen molar-refractivity contribution in [3.05, 3.63) is 42.2 Å². The molecule has 1 heterocycles. The molecule has 100 valence electrons. The highest BCUT2D eigenvalue weighted by Crippen LogP contribution is 2.06. The number of nitrogens with one attached hydrogen (secondary N) is 1. The number of nitrogens with zero attached hydrogens (tertiary/aromatic N) is 4. The van der Waals surface area contributed by atoms with Crippen molar-refractivity contribution in [1.29, 1.82) is 0 Å². The molecule has 0 aliphatic rings. The molecule has 6 heteroatoms. The molecule has 1 aromatic carbocycles. The Kier molecular flexibility index (Phi) is 4.12. The number of para-hydroxylation sites is 1. The third kappa shape index (κ3) is 3.09. The van der Waals surface area contributed by atoms with Gasteiger partial charge in [0.05, 0.1) is 11.9 Å². The van der Waals surface area contributed by atoms with Crippen LogP contribution in [0.4, 0.5) is 5.69 Å². The third-order valence-corrected chi connectivity index (χ3v) is 2.78. The van der Waals surface area contributed by atoms with Gasteiger partial charge in [0.2, 0.25) is 0 Å². The lowest BCUT2D eigenvalue weighted by Crippen LogP contribution is -2.30. The minimum Gasteiger partial charge on any atom is -0.338 e. The Hall–Kier alpha value is -2.37. The van der Waals surface area contributed by atoms with Crippen LogP contribution in [0.2, 0.25) is 0 Å². The van der Waals surface area contributed by atoms with Gasteiger partial charge in [-0.1, -0.05) is 18.2 Å². The first-order chi connectivity index (χ1) is 9.24. The molecule has 0 unspecified atom stereocenters. The van der Waals surface area contributed by atoms with E-state index >= 15 is 0 Å². The molecular formula is C13H17N5O. The van der Waals surface area contributed by atoms with E-state index in [4.69, 9.17) is 0 Å². The fourth-order valence-electron chi connectivity index (χ4n) is 1.73. The quantitative estimate of drug-likeness (QED) is 0.886. The first-order valence-corrected chi connectivity index (χ1v) is 6.28. The van der Waals surface area contributed by atoms with E-state index in [0.29, 0.717) is 18.8 Å². The lowest BCUT2D eigenvalue weighted by Gasteiger charge is -2.16. The Balaban J connectivity index is 2.09. The minimum absolute atomic E-state index is 0.105. The monoisotopic (exact) mass is 259 g/mol. The SMILES string of the molecule is CCN(CC)C(=O)c1cn(Nc2ccccc2)nn1. The maximum Gasteiger partial charge on any atom is 0.276 e. The summed E-state index contributed by atoms with van der Waals surface area (Å²) in [6.45, 7) is 5.20. The molecule has 19 heavy (non-hydrogen) atoms. The van der Waals surface area contributed by atoms with E-state index in [0.717, 1.165) is 5.69 Å². The topological polar surface area (TPSA) is 63.1 Å². The number of amides is 1. The summed E-state index contributed by atoms with van der Waals surface area (Å²) in [6.07, 6.45) is 1.59. The van der Waals surface area contributed by atoms with Crippen LogP contribution in [0.1, 0.15) is 24.3 Å². The van der Waals surface area contributed by atoms with E-state index in [1.54, 1.807) is 11.1 Å². The second-order valence-electron chi connectivity index (χ2n) is 4.00. The minimum atomic E-state index is -0.105. The Labute approximate surface area is 112 Å². The largest absolute Gasteiger partial charge is 0.338 e. The van der Waals surface area contributed by atoms with Gasteiger partial charge in [-0.3, -0.25) is 10.2 Å². The normalized spacial score (nSPS) is 10.2. The van der Waals surface area contributed by atoms with Gasteiger partial charge in [-0.25, -0.2) is 0 Å². The Morgan fingerprint density at radius 1 is 1.26 bits per heavy atom. The highest BCUT2D eigenvalue weighted by Gasteiger charge is 2.16. The van der Waals surface area contributed by atoms with Crippen molar-refractivity contribution in [1.82, 2.24) is 20.0 Å². The van der Waals surface area contributed by atoms with Crippen LogP contribution in [0.3, 0.4) is 0 Å². The lowest BCUT2D eigenvalue weighted by molar-refractivity contribution is 0.0767. The van der Waals surface area contributed by atoms with Gasteiger partial charge < -0.3 is 4.90 Å². The van der Waals surface area contributed by atoms with E-state index in [2.05, 4.69) is 15.7 Å². The summed E-state index contributed by atoms with van der Waals surface area (Å²) in [7, 11) is 0. The molecule has 2 rings (SSSR count). The zero-order valence-electron chi connectivity index (χ0n) is 11.1. The lowest BCUT2D eigenvalue weighted by atomic mass is 10.3. The standard InChI is InChI=1S/C13H17N5O/c1-3-17(4-2)13(19)12-10-18(16-14-12)15-11-8-6-5-7-9-11/h5-10,15H,3-4H2,1-2H3. The average molecular weight is 259 g/mol. The summed E-state index contributed by atoms with van der Waals surface area (Å²) in [5.41, 5.74) is 4.25. The molecule has 1 amide bonds. The highest BCUT2D eigenvalue weighted by atomic mass is 16.2. The molecule has 0 spiro atoms. The number of benzene rings is 1. The number of rotatable bonds is 5. The van der Waals surface area contributed by atoms with Crippen molar-refractivity contribution in [2.75, 3.05) is 18.5 Å². The Morgan fingerprint density at radius 3 is 2.58 bits per heavy atom. The second kappa shape index (κ2) is 5.99. The summed E-state index contributed by atoms with van der Waals surface area (Å²) < 4.78 is 0. The third-order valence-electron chi connectivity index (χ3n) is 2.78. The van der Waals surface area contributed by atoms with Gasteiger partial charge in [-0.05, 0) is 31.2 Å². The average Bonchev–Trinajstić information content (AvgIpc) is 2.89. The number of hydrogen-bond acceptors (Lipinski definition) is 4. The van der Waals surface area contributed by atoms with Crippen LogP contribution in [0, 0.1) is 0 Å². The molecule has 0 saturated carbocycles. The molecule has 0 saturated heterocycles. The predicted octanol–water partition coefficient (Wildman–Crippen LogP) is 1.64. The summed E-state index contributed by atoms with van der Waals surface area (Å²) in [6, 6.07) is 9.59. The Morgan fingerprint density at radius 2 is 1.95 bits per heavy atom. The van der Waals surface area contributed by atoms with E-state index in [1.165, 1.54) is 4.79 Å². The second-order valence-corrected chi connectivity index (χ2v) is 4.00. The highest BCUT2D eigenvalue weighted by molar-refractivity contribution is 5.91. The predicted molar refractivity (Wildman–Crippen MR) is 72.7 cm³/mol. The van der Waals surface area contributed by atoms with Gasteiger partial charge in [-0.15, -0.1) is 5.10 Å². The molecule has 6 nitrogen and oxygen atoms in total. The van der Waals surface area contributed by atoms with E-state index < -0.39 is 0 Å². The van der Waals surface area contributed by atoms with Crippen LogP contribution in [0.25, 0.3) is 0 Å². The fourth-order valence-corrected chi connectivity index (χ4v) is 1.73. The maximum atomic E-state index is 12.1. The smallest absolute Gasteiger partial charge is 0.276 e. The molecular weight excluding hydrogens is 242 g/mol. The van der Waals surface area contributed by atoms with Crippen molar-refractivity contribution in [2.45, 2.75) is 13.8 Å². The van der Waals surface area contributed by atoms with E-state index in [9.17, 15) is 4.79 Å². The van der Waals surface area contributed by atoms with Crippen molar-refractivity contribution in [3.63, 3.8) is 0 Å². The van der Waals surface area contributed by atoms with Crippen LogP contribution in [-0.4, -0.2) is 39.0 Å². The van der Waals surface area contributed by atoms with Gasteiger partial charge in [0, 0.05) is 13.1 Å². The van der Waals surface area contributed by atoms with Gasteiger partial charge in [0.25, 0.3) is 5.91 Å². The molecule has 0 atom stereocenters. The number of anilines is 1. The summed E-state index contributed by atoms with van der Waals surface area (Å²) >= 11 is 0. The molecule has 2 aromatic rings. The number of hydrogen-bond donors (Lipinski definition) is 1. The molecule has 0 radical (unpaired) electrons. The van der Waals surface area contributed by atoms with Crippen LogP contribution >= 0.6 is 0 Å². The summed E-state index contributed by atoms with van der Waals surface area (Å²) in [4.78, 5) is 15.2. The van der Waals surface area contributed by atoms with E-state index in [-0.39, 0.29) is 5.91 Å². The first-order valence-electron chi connectivity index (χ1n) is 6.28. The van der Waals surface area contributed by atoms with Crippen molar-refractivity contribution in [2.24, 2.45) is 0 Å².